The van der Waals surface area contributed by atoms with Crippen molar-refractivity contribution in [1.29, 1.82) is 0 Å². The number of nitrogens with one attached hydrogen (secondary N) is 1. The SMILES string of the molecule is CC(C)OC(=O)c1ccc(N2C(=O)C(Cl)=C(Nc3ccc(C(=O)N4CCc5ccccc5C4)cc3)C2=O)cc1. The predicted molar refractivity (Wildman–Crippen MR) is 147 cm³/mol. The first kappa shape index (κ1) is 26.2. The monoisotopic (exact) mass is 543 g/mol. The molecule has 0 atom stereocenters. The van der Waals surface area contributed by atoms with Gasteiger partial charge in [0.15, 0.2) is 0 Å². The zero-order valence-corrected chi connectivity index (χ0v) is 22.2. The lowest BCUT2D eigenvalue weighted by Gasteiger charge is -2.29. The summed E-state index contributed by atoms with van der Waals surface area (Å²) in [6.45, 7) is 4.69. The quantitative estimate of drug-likeness (QED) is 0.351. The molecule has 9 heteroatoms. The zero-order valence-electron chi connectivity index (χ0n) is 21.4. The molecule has 0 saturated heterocycles. The van der Waals surface area contributed by atoms with Crippen LogP contribution in [0.15, 0.2) is 83.5 Å². The van der Waals surface area contributed by atoms with Gasteiger partial charge >= 0.3 is 5.97 Å². The number of halogens is 1. The highest BCUT2D eigenvalue weighted by Gasteiger charge is 2.39. The van der Waals surface area contributed by atoms with Crippen LogP contribution < -0.4 is 10.2 Å². The number of imide groups is 1. The lowest BCUT2D eigenvalue weighted by Crippen LogP contribution is -2.35. The van der Waals surface area contributed by atoms with Crippen molar-refractivity contribution in [3.8, 4) is 0 Å². The number of anilines is 2. The second-order valence-electron chi connectivity index (χ2n) is 9.58. The Balaban J connectivity index is 1.26. The summed E-state index contributed by atoms with van der Waals surface area (Å²) in [7, 11) is 0. The van der Waals surface area contributed by atoms with E-state index in [1.807, 2.05) is 23.1 Å². The van der Waals surface area contributed by atoms with Crippen LogP contribution in [0, 0.1) is 0 Å². The van der Waals surface area contributed by atoms with Gasteiger partial charge in [-0.05, 0) is 79.9 Å². The first-order valence-corrected chi connectivity index (χ1v) is 12.9. The third-order valence-electron chi connectivity index (χ3n) is 6.55. The van der Waals surface area contributed by atoms with E-state index in [9.17, 15) is 19.2 Å². The minimum atomic E-state index is -0.682. The first-order chi connectivity index (χ1) is 18.7. The van der Waals surface area contributed by atoms with Gasteiger partial charge in [0.25, 0.3) is 17.7 Å². The minimum absolute atomic E-state index is 0.0725. The van der Waals surface area contributed by atoms with Crippen molar-refractivity contribution < 1.29 is 23.9 Å². The molecule has 2 heterocycles. The standard InChI is InChI=1S/C30H26ClN3O5/c1-18(2)39-30(38)21-9-13-24(14-10-21)34-28(36)25(31)26(29(34)37)32-23-11-7-20(8-12-23)27(35)33-16-15-19-5-3-4-6-22(19)17-33/h3-14,18,32H,15-17H2,1-2H3. The van der Waals surface area contributed by atoms with Gasteiger partial charge in [0.2, 0.25) is 0 Å². The molecule has 0 radical (unpaired) electrons. The summed E-state index contributed by atoms with van der Waals surface area (Å²) in [4.78, 5) is 53.9. The molecule has 0 bridgehead atoms. The minimum Gasteiger partial charge on any atom is -0.459 e. The Kier molecular flexibility index (Phi) is 7.21. The normalized spacial score (nSPS) is 15.1. The summed E-state index contributed by atoms with van der Waals surface area (Å²) >= 11 is 6.25. The summed E-state index contributed by atoms with van der Waals surface area (Å²) in [5, 5.41) is 2.66. The topological polar surface area (TPSA) is 96.0 Å². The third-order valence-corrected chi connectivity index (χ3v) is 6.90. The van der Waals surface area contributed by atoms with E-state index in [1.54, 1.807) is 38.1 Å². The number of fused-ring (bicyclic) bond motifs is 1. The van der Waals surface area contributed by atoms with Gasteiger partial charge in [0.05, 0.1) is 17.4 Å². The lowest BCUT2D eigenvalue weighted by atomic mass is 9.99. The molecule has 0 saturated carbocycles. The van der Waals surface area contributed by atoms with Gasteiger partial charge in [-0.2, -0.15) is 0 Å². The second kappa shape index (κ2) is 10.7. The second-order valence-corrected chi connectivity index (χ2v) is 9.96. The molecular formula is C30H26ClN3O5. The van der Waals surface area contributed by atoms with Gasteiger partial charge in [0, 0.05) is 24.3 Å². The van der Waals surface area contributed by atoms with Gasteiger partial charge in [0.1, 0.15) is 10.7 Å². The molecule has 0 fully saturated rings. The largest absolute Gasteiger partial charge is 0.459 e. The summed E-state index contributed by atoms with van der Waals surface area (Å²) in [6, 6.07) is 20.7. The maximum atomic E-state index is 13.1. The van der Waals surface area contributed by atoms with Crippen LogP contribution >= 0.6 is 11.6 Å². The number of carbonyl (C=O) groups excluding carboxylic acids is 4. The van der Waals surface area contributed by atoms with Crippen LogP contribution in [0.5, 0.6) is 0 Å². The van der Waals surface area contributed by atoms with Gasteiger partial charge < -0.3 is 15.0 Å². The first-order valence-electron chi connectivity index (χ1n) is 12.6. The Morgan fingerprint density at radius 3 is 2.18 bits per heavy atom. The number of rotatable bonds is 6. The number of esters is 1. The van der Waals surface area contributed by atoms with Gasteiger partial charge in [-0.1, -0.05) is 35.9 Å². The fourth-order valence-electron chi connectivity index (χ4n) is 4.57. The smallest absolute Gasteiger partial charge is 0.338 e. The Morgan fingerprint density at radius 1 is 0.872 bits per heavy atom. The maximum Gasteiger partial charge on any atom is 0.338 e. The number of amides is 3. The number of hydrogen-bond donors (Lipinski definition) is 1. The summed E-state index contributed by atoms with van der Waals surface area (Å²) in [6.07, 6.45) is 0.538. The molecule has 2 aliphatic rings. The van der Waals surface area contributed by atoms with Crippen LogP contribution in [-0.2, 0) is 27.3 Å². The number of nitrogens with zero attached hydrogens (tertiary/aromatic N) is 2. The van der Waals surface area contributed by atoms with Crippen LogP contribution in [-0.4, -0.2) is 41.2 Å². The van der Waals surface area contributed by atoms with Crippen molar-refractivity contribution in [2.24, 2.45) is 0 Å². The van der Waals surface area contributed by atoms with Crippen molar-refractivity contribution in [3.05, 3.63) is 106 Å². The summed E-state index contributed by atoms with van der Waals surface area (Å²) in [5.41, 5.74) is 3.93. The molecule has 5 rings (SSSR count). The Labute approximate surface area is 230 Å². The molecule has 198 valence electrons. The van der Waals surface area contributed by atoms with Gasteiger partial charge in [-0.15, -0.1) is 0 Å². The van der Waals surface area contributed by atoms with E-state index < -0.39 is 17.8 Å². The number of carbonyl (C=O) groups is 4. The molecular weight excluding hydrogens is 518 g/mol. The third kappa shape index (κ3) is 5.28. The van der Waals surface area contributed by atoms with E-state index in [-0.39, 0.29) is 28.4 Å². The van der Waals surface area contributed by atoms with Crippen LogP contribution in [0.4, 0.5) is 11.4 Å². The average Bonchev–Trinajstić information content (AvgIpc) is 3.15. The van der Waals surface area contributed by atoms with E-state index >= 15 is 0 Å². The molecule has 1 N–H and O–H groups in total. The van der Waals surface area contributed by atoms with E-state index in [2.05, 4.69) is 11.4 Å². The molecule has 0 spiro atoms. The highest BCUT2D eigenvalue weighted by atomic mass is 35.5. The van der Waals surface area contributed by atoms with Crippen LogP contribution in [0.25, 0.3) is 0 Å². The Hall–Kier alpha value is -4.43. The molecule has 3 amide bonds. The van der Waals surface area contributed by atoms with Crippen molar-refractivity contribution in [1.82, 2.24) is 4.90 Å². The molecule has 0 unspecified atom stereocenters. The zero-order chi connectivity index (χ0) is 27.7. The molecule has 0 aliphatic carbocycles. The van der Waals surface area contributed by atoms with Gasteiger partial charge in [-0.3, -0.25) is 14.4 Å². The van der Waals surface area contributed by atoms with E-state index in [0.717, 1.165) is 16.9 Å². The van der Waals surface area contributed by atoms with E-state index in [4.69, 9.17) is 16.3 Å². The summed E-state index contributed by atoms with van der Waals surface area (Å²) in [5.74, 6) is -1.89. The van der Waals surface area contributed by atoms with Gasteiger partial charge in [-0.25, -0.2) is 9.69 Å². The van der Waals surface area contributed by atoms with Crippen molar-refractivity contribution >= 4 is 46.7 Å². The number of benzene rings is 3. The van der Waals surface area contributed by atoms with Crippen molar-refractivity contribution in [2.75, 3.05) is 16.8 Å². The predicted octanol–water partition coefficient (Wildman–Crippen LogP) is 4.89. The molecule has 39 heavy (non-hydrogen) atoms. The van der Waals surface area contributed by atoms with Crippen molar-refractivity contribution in [2.45, 2.75) is 32.9 Å². The number of hydrogen-bond acceptors (Lipinski definition) is 6. The Bertz CT molecular complexity index is 1500. The molecule has 2 aliphatic heterocycles. The number of ether oxygens (including phenoxy) is 1. The van der Waals surface area contributed by atoms with Crippen LogP contribution in [0.3, 0.4) is 0 Å². The maximum absolute atomic E-state index is 13.1. The Morgan fingerprint density at radius 2 is 1.51 bits per heavy atom. The van der Waals surface area contributed by atoms with E-state index in [0.29, 0.717) is 29.9 Å². The highest BCUT2D eigenvalue weighted by Crippen LogP contribution is 2.30. The molecule has 3 aromatic rings. The van der Waals surface area contributed by atoms with E-state index in [1.165, 1.54) is 29.8 Å². The summed E-state index contributed by atoms with van der Waals surface area (Å²) < 4.78 is 5.17. The van der Waals surface area contributed by atoms with Crippen LogP contribution in [0.1, 0.15) is 45.7 Å². The fourth-order valence-corrected chi connectivity index (χ4v) is 4.78. The molecule has 3 aromatic carbocycles. The fraction of sp³-hybridized carbons (Fsp3) is 0.200. The molecule has 0 aromatic heterocycles. The van der Waals surface area contributed by atoms with Crippen LogP contribution in [0.2, 0.25) is 0 Å². The highest BCUT2D eigenvalue weighted by molar-refractivity contribution is 6.53. The average molecular weight is 544 g/mol. The molecule has 8 nitrogen and oxygen atoms in total. The van der Waals surface area contributed by atoms with Crippen molar-refractivity contribution in [3.63, 3.8) is 0 Å². The lowest BCUT2D eigenvalue weighted by molar-refractivity contribution is -0.120.